The molecule has 0 radical (unpaired) electrons. The molecule has 3 rings (SSSR count). The van der Waals surface area contributed by atoms with Crippen LogP contribution in [0.3, 0.4) is 0 Å². The summed E-state index contributed by atoms with van der Waals surface area (Å²) in [6.07, 6.45) is 1.69. The van der Waals surface area contributed by atoms with E-state index in [4.69, 9.17) is 5.73 Å². The third-order valence-corrected chi connectivity index (χ3v) is 6.78. The summed E-state index contributed by atoms with van der Waals surface area (Å²) in [4.78, 5) is 6.92. The van der Waals surface area contributed by atoms with E-state index < -0.39 is 10.0 Å². The fraction of sp³-hybridized carbons (Fsp3) is 0.583. The number of likely N-dealkylation sites (N-methyl/N-ethyl adjacent to an activating group) is 1. The molecule has 2 aromatic heterocycles. The van der Waals surface area contributed by atoms with Crippen molar-refractivity contribution in [2.24, 2.45) is 0 Å². The van der Waals surface area contributed by atoms with E-state index in [1.54, 1.807) is 16.0 Å². The zero-order chi connectivity index (χ0) is 15.4. The lowest BCUT2D eigenvalue weighted by Crippen LogP contribution is -2.56. The highest BCUT2D eigenvalue weighted by Gasteiger charge is 2.37. The van der Waals surface area contributed by atoms with Crippen molar-refractivity contribution in [3.8, 4) is 0 Å². The second-order valence-corrected chi connectivity index (χ2v) is 8.27. The largest absolute Gasteiger partial charge is 0.381 e. The number of hydrogen-bond donors (Lipinski definition) is 1. The van der Waals surface area contributed by atoms with Gasteiger partial charge in [0.2, 0.25) is 0 Å². The van der Waals surface area contributed by atoms with Gasteiger partial charge in [0.1, 0.15) is 0 Å². The van der Waals surface area contributed by atoms with Gasteiger partial charge in [-0.1, -0.05) is 0 Å². The first kappa shape index (κ1) is 14.8. The molecule has 0 aliphatic carbocycles. The number of thiazole rings is 1. The van der Waals surface area contributed by atoms with E-state index in [1.165, 1.54) is 15.6 Å². The van der Waals surface area contributed by atoms with Crippen molar-refractivity contribution in [2.75, 3.05) is 25.9 Å². The van der Waals surface area contributed by atoms with Crippen LogP contribution in [-0.4, -0.2) is 59.2 Å². The van der Waals surface area contributed by atoms with Crippen LogP contribution in [0.5, 0.6) is 0 Å². The fourth-order valence-electron chi connectivity index (χ4n) is 2.71. The number of nitrogens with two attached hydrogens (primary N) is 1. The highest BCUT2D eigenvalue weighted by atomic mass is 32.2. The summed E-state index contributed by atoms with van der Waals surface area (Å²) in [6, 6.07) is 0.325. The summed E-state index contributed by atoms with van der Waals surface area (Å²) >= 11 is 1.37. The third kappa shape index (κ3) is 2.24. The highest BCUT2D eigenvalue weighted by Crippen LogP contribution is 2.28. The Balaban J connectivity index is 2.04. The van der Waals surface area contributed by atoms with Crippen molar-refractivity contribution in [1.29, 1.82) is 0 Å². The molecule has 3 heterocycles. The molecule has 0 amide bonds. The molecule has 2 atom stereocenters. The molecule has 2 N–H and O–H groups in total. The molecule has 1 aliphatic rings. The van der Waals surface area contributed by atoms with Crippen LogP contribution in [0.2, 0.25) is 0 Å². The topological polar surface area (TPSA) is 83.9 Å². The molecule has 21 heavy (non-hydrogen) atoms. The normalized spacial score (nSPS) is 25.7. The van der Waals surface area contributed by atoms with Crippen molar-refractivity contribution in [3.63, 3.8) is 0 Å². The first-order chi connectivity index (χ1) is 9.82. The van der Waals surface area contributed by atoms with Crippen LogP contribution in [-0.2, 0) is 10.0 Å². The number of rotatable bonds is 2. The van der Waals surface area contributed by atoms with Gasteiger partial charge in [-0.25, -0.2) is 13.4 Å². The third-order valence-electron chi connectivity index (χ3n) is 4.15. The molecule has 2 aromatic rings. The summed E-state index contributed by atoms with van der Waals surface area (Å²) in [5.41, 5.74) is 5.85. The Morgan fingerprint density at radius 1 is 1.33 bits per heavy atom. The monoisotopic (exact) mass is 329 g/mol. The average Bonchev–Trinajstić information content (AvgIpc) is 2.94. The summed E-state index contributed by atoms with van der Waals surface area (Å²) in [5, 5.41) is 1.89. The van der Waals surface area contributed by atoms with Gasteiger partial charge in [0.25, 0.3) is 10.0 Å². The molecule has 1 aliphatic heterocycles. The number of anilines is 1. The molecule has 7 nitrogen and oxygen atoms in total. The van der Waals surface area contributed by atoms with Gasteiger partial charge < -0.3 is 5.73 Å². The van der Waals surface area contributed by atoms with Crippen LogP contribution >= 0.6 is 11.3 Å². The summed E-state index contributed by atoms with van der Waals surface area (Å²) < 4.78 is 29.0. The SMILES string of the molecule is CC1CN(S(=O)(=O)c2c(N)nc3sccn23)CC(C)N1C. The number of aromatic nitrogens is 2. The highest BCUT2D eigenvalue weighted by molar-refractivity contribution is 7.89. The molecule has 0 bridgehead atoms. The maximum atomic E-state index is 13.0. The molecule has 0 saturated carbocycles. The lowest BCUT2D eigenvalue weighted by Gasteiger charge is -2.41. The van der Waals surface area contributed by atoms with E-state index in [1.807, 2.05) is 20.9 Å². The first-order valence-electron chi connectivity index (χ1n) is 6.75. The van der Waals surface area contributed by atoms with Gasteiger partial charge in [-0.3, -0.25) is 9.30 Å². The van der Waals surface area contributed by atoms with Crippen molar-refractivity contribution in [2.45, 2.75) is 31.0 Å². The minimum absolute atomic E-state index is 0.0704. The van der Waals surface area contributed by atoms with Crippen molar-refractivity contribution >= 4 is 32.1 Å². The van der Waals surface area contributed by atoms with E-state index in [2.05, 4.69) is 9.88 Å². The lowest BCUT2D eigenvalue weighted by molar-refractivity contribution is 0.105. The van der Waals surface area contributed by atoms with Gasteiger partial charge in [0.05, 0.1) is 0 Å². The Hall–Kier alpha value is -1.16. The zero-order valence-corrected chi connectivity index (χ0v) is 13.9. The molecule has 0 aromatic carbocycles. The quantitative estimate of drug-likeness (QED) is 0.876. The molecule has 1 saturated heterocycles. The van der Waals surface area contributed by atoms with Gasteiger partial charge in [0, 0.05) is 36.8 Å². The zero-order valence-electron chi connectivity index (χ0n) is 12.2. The Kier molecular flexibility index (Phi) is 3.47. The number of sulfonamides is 1. The molecule has 116 valence electrons. The lowest BCUT2D eigenvalue weighted by atomic mass is 10.1. The van der Waals surface area contributed by atoms with Gasteiger partial charge >= 0.3 is 0 Å². The van der Waals surface area contributed by atoms with Crippen molar-refractivity contribution in [1.82, 2.24) is 18.6 Å². The molecule has 9 heteroatoms. The number of fused-ring (bicyclic) bond motifs is 1. The number of nitrogen functional groups attached to an aromatic ring is 1. The standard InChI is InChI=1S/C12H19N5O2S2/c1-8-6-16(7-9(2)15(8)3)21(18,19)11-10(13)14-12-17(11)4-5-20-12/h4-5,8-9H,6-7,13H2,1-3H3. The summed E-state index contributed by atoms with van der Waals surface area (Å²) in [7, 11) is -1.63. The van der Waals surface area contributed by atoms with E-state index in [-0.39, 0.29) is 22.9 Å². The molecular formula is C12H19N5O2S2. The van der Waals surface area contributed by atoms with Crippen LogP contribution in [0, 0.1) is 0 Å². The molecule has 2 unspecified atom stereocenters. The number of imidazole rings is 1. The number of nitrogens with zero attached hydrogens (tertiary/aromatic N) is 4. The molecule has 0 spiro atoms. The minimum atomic E-state index is -3.65. The van der Waals surface area contributed by atoms with Gasteiger partial charge in [-0.2, -0.15) is 4.31 Å². The Labute approximate surface area is 128 Å². The van der Waals surface area contributed by atoms with Crippen LogP contribution in [0.1, 0.15) is 13.8 Å². The summed E-state index contributed by atoms with van der Waals surface area (Å²) in [6.45, 7) is 4.97. The van der Waals surface area contributed by atoms with Crippen LogP contribution < -0.4 is 5.73 Å². The van der Waals surface area contributed by atoms with Crippen LogP contribution in [0.25, 0.3) is 4.96 Å². The van der Waals surface area contributed by atoms with E-state index in [0.717, 1.165) is 0 Å². The fourth-order valence-corrected chi connectivity index (χ4v) is 5.27. The Morgan fingerprint density at radius 2 is 1.95 bits per heavy atom. The second-order valence-electron chi connectivity index (χ2n) is 5.54. The van der Waals surface area contributed by atoms with Crippen molar-refractivity contribution < 1.29 is 8.42 Å². The van der Waals surface area contributed by atoms with E-state index in [9.17, 15) is 8.42 Å². The van der Waals surface area contributed by atoms with E-state index >= 15 is 0 Å². The second kappa shape index (κ2) is 4.94. The Morgan fingerprint density at radius 3 is 2.57 bits per heavy atom. The van der Waals surface area contributed by atoms with E-state index in [0.29, 0.717) is 18.1 Å². The average molecular weight is 329 g/mol. The minimum Gasteiger partial charge on any atom is -0.381 e. The maximum Gasteiger partial charge on any atom is 0.263 e. The predicted molar refractivity (Wildman–Crippen MR) is 82.9 cm³/mol. The van der Waals surface area contributed by atoms with Crippen molar-refractivity contribution in [3.05, 3.63) is 11.6 Å². The first-order valence-corrected chi connectivity index (χ1v) is 9.07. The van der Waals surface area contributed by atoms with Gasteiger partial charge in [-0.05, 0) is 20.9 Å². The number of piperazine rings is 1. The molecular weight excluding hydrogens is 310 g/mol. The maximum absolute atomic E-state index is 13.0. The summed E-state index contributed by atoms with van der Waals surface area (Å²) in [5.74, 6) is 0.0704. The van der Waals surface area contributed by atoms with Gasteiger partial charge in [-0.15, -0.1) is 11.3 Å². The van der Waals surface area contributed by atoms with Crippen LogP contribution in [0.15, 0.2) is 16.6 Å². The van der Waals surface area contributed by atoms with Crippen LogP contribution in [0.4, 0.5) is 5.82 Å². The molecule has 1 fully saturated rings. The van der Waals surface area contributed by atoms with Gasteiger partial charge in [0.15, 0.2) is 15.8 Å². The predicted octanol–water partition coefficient (Wildman–Crippen LogP) is 0.691. The smallest absolute Gasteiger partial charge is 0.263 e. The number of hydrogen-bond acceptors (Lipinski definition) is 6. The Bertz CT molecular complexity index is 754.